The predicted molar refractivity (Wildman–Crippen MR) is 77.6 cm³/mol. The summed E-state index contributed by atoms with van der Waals surface area (Å²) in [6.45, 7) is 1.60. The molecule has 2 heterocycles. The van der Waals surface area contributed by atoms with Crippen molar-refractivity contribution in [3.05, 3.63) is 12.2 Å². The molecule has 0 aromatic carbocycles. The quantitative estimate of drug-likeness (QED) is 0.472. The molecule has 4 rings (SSSR count). The van der Waals surface area contributed by atoms with Crippen molar-refractivity contribution in [3.63, 3.8) is 0 Å². The molecule has 9 unspecified atom stereocenters. The van der Waals surface area contributed by atoms with Crippen molar-refractivity contribution in [1.82, 2.24) is 0 Å². The van der Waals surface area contributed by atoms with Gasteiger partial charge in [0, 0.05) is 13.0 Å². The minimum absolute atomic E-state index is 0.0587. The number of carbonyl (C=O) groups excluding carboxylic acids is 1. The molecule has 1 N–H and O–H groups in total. The highest BCUT2D eigenvalue weighted by Gasteiger charge is 2.64. The number of rotatable bonds is 5. The maximum Gasteiger partial charge on any atom is 0.314 e. The number of esters is 1. The lowest BCUT2D eigenvalue weighted by atomic mass is 9.65. The van der Waals surface area contributed by atoms with Crippen molar-refractivity contribution in [2.75, 3.05) is 13.9 Å². The molecule has 4 bridgehead atoms. The lowest BCUT2D eigenvalue weighted by Crippen LogP contribution is -2.44. The first-order valence-corrected chi connectivity index (χ1v) is 8.29. The average molecular weight is 308 g/mol. The molecule has 2 saturated heterocycles. The Bertz CT molecular complexity index is 487. The number of aliphatic hydroxyl groups is 1. The van der Waals surface area contributed by atoms with Gasteiger partial charge in [0.1, 0.15) is 0 Å². The zero-order valence-electron chi connectivity index (χ0n) is 13.1. The van der Waals surface area contributed by atoms with Gasteiger partial charge in [-0.05, 0) is 43.4 Å². The highest BCUT2D eigenvalue weighted by Crippen LogP contribution is 2.62. The molecule has 1 saturated carbocycles. The Balaban J connectivity index is 1.53. The maximum atomic E-state index is 12.3. The van der Waals surface area contributed by atoms with Gasteiger partial charge in [0.2, 0.25) is 0 Å². The van der Waals surface area contributed by atoms with E-state index < -0.39 is 12.0 Å². The smallest absolute Gasteiger partial charge is 0.314 e. The van der Waals surface area contributed by atoms with Gasteiger partial charge in [-0.1, -0.05) is 12.2 Å². The summed E-state index contributed by atoms with van der Waals surface area (Å²) in [5.74, 6) is 1.58. The Morgan fingerprint density at radius 3 is 2.73 bits per heavy atom. The van der Waals surface area contributed by atoms with Gasteiger partial charge in [0.25, 0.3) is 0 Å². The Kier molecular flexibility index (Phi) is 3.55. The van der Waals surface area contributed by atoms with Crippen LogP contribution in [0, 0.1) is 35.5 Å². The normalized spacial score (nSPS) is 46.8. The van der Waals surface area contributed by atoms with Crippen LogP contribution in [0.2, 0.25) is 0 Å². The van der Waals surface area contributed by atoms with Crippen LogP contribution in [0.25, 0.3) is 0 Å². The van der Waals surface area contributed by atoms with Crippen molar-refractivity contribution in [2.45, 2.75) is 38.1 Å². The first-order chi connectivity index (χ1) is 10.6. The predicted octanol–water partition coefficient (Wildman–Crippen LogP) is 1.36. The molecule has 2 aliphatic carbocycles. The monoisotopic (exact) mass is 308 g/mol. The van der Waals surface area contributed by atoms with Gasteiger partial charge in [-0.3, -0.25) is 4.79 Å². The molecule has 0 radical (unpaired) electrons. The number of hydrogen-bond donors (Lipinski definition) is 1. The number of aliphatic hydroxyl groups excluding tert-OH is 1. The molecule has 0 amide bonds. The summed E-state index contributed by atoms with van der Waals surface area (Å²) in [7, 11) is 1.48. The SMILES string of the molecule is COCOC(=O)C(C(C)O)C1CC2OC1C1C3C=CC(C3)C21. The van der Waals surface area contributed by atoms with Gasteiger partial charge in [0.05, 0.1) is 24.2 Å². The summed E-state index contributed by atoms with van der Waals surface area (Å²) in [6, 6.07) is 0. The second-order valence-corrected chi connectivity index (χ2v) is 7.28. The molecule has 0 aromatic rings. The Labute approximate surface area is 130 Å². The van der Waals surface area contributed by atoms with E-state index in [0.717, 1.165) is 6.42 Å². The summed E-state index contributed by atoms with van der Waals surface area (Å²) < 4.78 is 16.2. The standard InChI is InChI=1S/C17H24O5/c1-8(18)13(17(19)21-7-20-2)11-6-12-14-9-3-4-10(5-9)15(14)16(11)22-12/h3-4,8-16,18H,5-7H2,1-2H3. The van der Waals surface area contributed by atoms with Gasteiger partial charge >= 0.3 is 5.97 Å². The van der Waals surface area contributed by atoms with Gasteiger partial charge in [-0.25, -0.2) is 0 Å². The fourth-order valence-electron chi connectivity index (χ4n) is 5.56. The number of hydrogen-bond acceptors (Lipinski definition) is 5. The Morgan fingerprint density at radius 2 is 2.05 bits per heavy atom. The molecule has 22 heavy (non-hydrogen) atoms. The highest BCUT2D eigenvalue weighted by molar-refractivity contribution is 5.73. The van der Waals surface area contributed by atoms with Crippen molar-refractivity contribution in [3.8, 4) is 0 Å². The van der Waals surface area contributed by atoms with Crippen LogP contribution in [-0.4, -0.2) is 43.3 Å². The first-order valence-electron chi connectivity index (χ1n) is 8.29. The van der Waals surface area contributed by atoms with E-state index >= 15 is 0 Å². The summed E-state index contributed by atoms with van der Waals surface area (Å²) in [5.41, 5.74) is 0. The number of allylic oxidation sites excluding steroid dienone is 2. The van der Waals surface area contributed by atoms with Crippen LogP contribution in [0.3, 0.4) is 0 Å². The van der Waals surface area contributed by atoms with E-state index in [2.05, 4.69) is 12.2 Å². The Morgan fingerprint density at radius 1 is 1.32 bits per heavy atom. The van der Waals surface area contributed by atoms with E-state index in [1.54, 1.807) is 6.92 Å². The third kappa shape index (κ3) is 1.99. The molecule has 5 heteroatoms. The Hall–Kier alpha value is -0.910. The van der Waals surface area contributed by atoms with E-state index in [1.807, 2.05) is 0 Å². The summed E-state index contributed by atoms with van der Waals surface area (Å²) in [4.78, 5) is 12.3. The van der Waals surface area contributed by atoms with E-state index in [4.69, 9.17) is 14.2 Å². The number of methoxy groups -OCH3 is 1. The zero-order chi connectivity index (χ0) is 15.4. The highest BCUT2D eigenvalue weighted by atomic mass is 16.7. The number of ether oxygens (including phenoxy) is 3. The van der Waals surface area contributed by atoms with Crippen LogP contribution in [-0.2, 0) is 19.0 Å². The minimum atomic E-state index is -0.732. The van der Waals surface area contributed by atoms with E-state index in [9.17, 15) is 9.90 Å². The third-order valence-corrected chi connectivity index (χ3v) is 6.22. The maximum absolute atomic E-state index is 12.3. The lowest BCUT2D eigenvalue weighted by Gasteiger charge is -2.37. The van der Waals surface area contributed by atoms with Crippen LogP contribution in [0.1, 0.15) is 19.8 Å². The van der Waals surface area contributed by atoms with Crippen LogP contribution in [0.5, 0.6) is 0 Å². The van der Waals surface area contributed by atoms with Gasteiger partial charge in [0.15, 0.2) is 6.79 Å². The van der Waals surface area contributed by atoms with Crippen molar-refractivity contribution in [1.29, 1.82) is 0 Å². The fourth-order valence-corrected chi connectivity index (χ4v) is 5.56. The largest absolute Gasteiger partial charge is 0.438 e. The van der Waals surface area contributed by atoms with Crippen LogP contribution in [0.4, 0.5) is 0 Å². The fraction of sp³-hybridized carbons (Fsp3) is 0.824. The molecule has 4 aliphatic rings. The van der Waals surface area contributed by atoms with Crippen molar-refractivity contribution in [2.24, 2.45) is 35.5 Å². The van der Waals surface area contributed by atoms with Gasteiger partial charge in [-0.15, -0.1) is 0 Å². The third-order valence-electron chi connectivity index (χ3n) is 6.22. The summed E-state index contributed by atoms with van der Waals surface area (Å²) in [6.07, 6.45) is 6.38. The van der Waals surface area contributed by atoms with Crippen LogP contribution < -0.4 is 0 Å². The second kappa shape index (κ2) is 5.32. The molecule has 9 atom stereocenters. The molecule has 0 aromatic heterocycles. The molecular weight excluding hydrogens is 284 g/mol. The summed E-state index contributed by atoms with van der Waals surface area (Å²) in [5, 5.41) is 10.1. The minimum Gasteiger partial charge on any atom is -0.438 e. The molecule has 5 nitrogen and oxygen atoms in total. The molecule has 3 fully saturated rings. The molecule has 122 valence electrons. The van der Waals surface area contributed by atoms with E-state index in [0.29, 0.717) is 23.7 Å². The van der Waals surface area contributed by atoms with Crippen LogP contribution >= 0.6 is 0 Å². The average Bonchev–Trinajstić information content (AvgIpc) is 3.22. The number of fused-ring (bicyclic) bond motifs is 9. The molecule has 2 aliphatic heterocycles. The van der Waals surface area contributed by atoms with Crippen molar-refractivity contribution >= 4 is 5.97 Å². The van der Waals surface area contributed by atoms with Gasteiger partial charge in [-0.2, -0.15) is 0 Å². The summed E-state index contributed by atoms with van der Waals surface area (Å²) >= 11 is 0. The van der Waals surface area contributed by atoms with E-state index in [-0.39, 0.29) is 30.9 Å². The van der Waals surface area contributed by atoms with Crippen LogP contribution in [0.15, 0.2) is 12.2 Å². The first kappa shape index (κ1) is 14.7. The molecular formula is C17H24O5. The second-order valence-electron chi connectivity index (χ2n) is 7.28. The lowest BCUT2D eigenvalue weighted by molar-refractivity contribution is -0.167. The van der Waals surface area contributed by atoms with Gasteiger partial charge < -0.3 is 19.3 Å². The van der Waals surface area contributed by atoms with E-state index in [1.165, 1.54) is 13.5 Å². The zero-order valence-corrected chi connectivity index (χ0v) is 13.1. The number of carbonyl (C=O) groups is 1. The molecule has 0 spiro atoms. The topological polar surface area (TPSA) is 65.0 Å². The van der Waals surface area contributed by atoms with Crippen molar-refractivity contribution < 1.29 is 24.1 Å².